The van der Waals surface area contributed by atoms with Crippen molar-refractivity contribution < 1.29 is 4.79 Å². The molecule has 0 aliphatic carbocycles. The monoisotopic (exact) mass is 144 g/mol. The van der Waals surface area contributed by atoms with Crippen LogP contribution in [0.1, 0.15) is 19.8 Å². The highest BCUT2D eigenvalue weighted by atomic mass is 31.1. The Morgan fingerprint density at radius 3 is 2.44 bits per heavy atom. The van der Waals surface area contributed by atoms with Gasteiger partial charge in [-0.15, -0.1) is 7.92 Å². The quantitative estimate of drug-likeness (QED) is 0.513. The third-order valence-corrected chi connectivity index (χ3v) is 4.47. The summed E-state index contributed by atoms with van der Waals surface area (Å²) in [7, 11) is 0.283. The van der Waals surface area contributed by atoms with Crippen LogP contribution in [0, 0.1) is 0 Å². The molecule has 1 rings (SSSR count). The van der Waals surface area contributed by atoms with Gasteiger partial charge in [-0.1, -0.05) is 6.92 Å². The van der Waals surface area contributed by atoms with Crippen LogP contribution in [0.3, 0.4) is 0 Å². The second-order valence-electron chi connectivity index (χ2n) is 2.47. The van der Waals surface area contributed by atoms with E-state index in [1.165, 1.54) is 18.5 Å². The number of hydrogen-bond acceptors (Lipinski definition) is 1. The average molecular weight is 144 g/mol. The highest BCUT2D eigenvalue weighted by molar-refractivity contribution is 7.57. The van der Waals surface area contributed by atoms with Gasteiger partial charge in [0.1, 0.15) is 5.78 Å². The van der Waals surface area contributed by atoms with Crippen molar-refractivity contribution in [3.05, 3.63) is 0 Å². The minimum absolute atomic E-state index is 0.283. The highest BCUT2D eigenvalue weighted by Crippen LogP contribution is 2.39. The van der Waals surface area contributed by atoms with E-state index < -0.39 is 0 Å². The van der Waals surface area contributed by atoms with Crippen LogP contribution in [-0.4, -0.2) is 24.3 Å². The number of carbonyl (C=O) groups excluding carboxylic acids is 1. The zero-order valence-corrected chi connectivity index (χ0v) is 6.79. The van der Waals surface area contributed by atoms with Crippen LogP contribution in [0.5, 0.6) is 0 Å². The van der Waals surface area contributed by atoms with Crippen LogP contribution in [-0.2, 0) is 4.79 Å². The first kappa shape index (κ1) is 7.21. The van der Waals surface area contributed by atoms with Crippen molar-refractivity contribution in [1.82, 2.24) is 0 Å². The van der Waals surface area contributed by atoms with E-state index in [4.69, 9.17) is 0 Å². The molecule has 1 aliphatic heterocycles. The molecule has 1 nitrogen and oxygen atoms in total. The van der Waals surface area contributed by atoms with E-state index in [0.29, 0.717) is 5.78 Å². The maximum atomic E-state index is 10.7. The molecule has 0 atom stereocenters. The van der Waals surface area contributed by atoms with Gasteiger partial charge in [-0.2, -0.15) is 0 Å². The Hall–Kier alpha value is 0.100. The summed E-state index contributed by atoms with van der Waals surface area (Å²) in [6.07, 6.45) is 5.50. The van der Waals surface area contributed by atoms with Crippen LogP contribution in [0.15, 0.2) is 0 Å². The van der Waals surface area contributed by atoms with Gasteiger partial charge in [-0.3, -0.25) is 4.79 Å². The number of ketones is 1. The van der Waals surface area contributed by atoms with Crippen LogP contribution in [0.25, 0.3) is 0 Å². The Morgan fingerprint density at radius 2 is 2.00 bits per heavy atom. The van der Waals surface area contributed by atoms with Gasteiger partial charge in [-0.05, 0) is 18.5 Å². The molecule has 2 heteroatoms. The molecule has 0 aromatic heterocycles. The topological polar surface area (TPSA) is 17.1 Å². The number of rotatable bonds is 1. The Labute approximate surface area is 57.6 Å². The SMILES string of the molecule is CCP1CCC(=O)CC1. The minimum Gasteiger partial charge on any atom is -0.300 e. The molecule has 52 valence electrons. The normalized spacial score (nSPS) is 22.6. The molecule has 1 fully saturated rings. The Bertz CT molecular complexity index is 101. The van der Waals surface area contributed by atoms with E-state index in [-0.39, 0.29) is 7.92 Å². The molecule has 0 radical (unpaired) electrons. The van der Waals surface area contributed by atoms with Crippen molar-refractivity contribution >= 4 is 13.7 Å². The second kappa shape index (κ2) is 3.31. The third kappa shape index (κ3) is 2.06. The molecule has 0 N–H and O–H groups in total. The van der Waals surface area contributed by atoms with Gasteiger partial charge in [0, 0.05) is 12.8 Å². The van der Waals surface area contributed by atoms with E-state index >= 15 is 0 Å². The lowest BCUT2D eigenvalue weighted by atomic mass is 10.2. The van der Waals surface area contributed by atoms with Crippen LogP contribution in [0.2, 0.25) is 0 Å². The summed E-state index contributed by atoms with van der Waals surface area (Å²) in [5, 5.41) is 0. The Kier molecular flexibility index (Phi) is 2.65. The van der Waals surface area contributed by atoms with E-state index in [2.05, 4.69) is 6.92 Å². The maximum absolute atomic E-state index is 10.7. The van der Waals surface area contributed by atoms with Gasteiger partial charge in [-0.25, -0.2) is 0 Å². The van der Waals surface area contributed by atoms with Crippen molar-refractivity contribution in [3.63, 3.8) is 0 Å². The fraction of sp³-hybridized carbons (Fsp3) is 0.857. The fourth-order valence-electron chi connectivity index (χ4n) is 1.12. The summed E-state index contributed by atoms with van der Waals surface area (Å²) in [5.41, 5.74) is 0. The molecule has 1 aliphatic rings. The van der Waals surface area contributed by atoms with Crippen molar-refractivity contribution in [2.75, 3.05) is 18.5 Å². The molecule has 1 heterocycles. The molecule has 1 saturated heterocycles. The number of hydrogen-bond donors (Lipinski definition) is 0. The first-order chi connectivity index (χ1) is 4.33. The van der Waals surface area contributed by atoms with E-state index in [9.17, 15) is 4.79 Å². The van der Waals surface area contributed by atoms with Crippen molar-refractivity contribution in [2.24, 2.45) is 0 Å². The van der Waals surface area contributed by atoms with Gasteiger partial charge in [0.2, 0.25) is 0 Å². The van der Waals surface area contributed by atoms with Gasteiger partial charge in [0.25, 0.3) is 0 Å². The minimum atomic E-state index is 0.283. The van der Waals surface area contributed by atoms with Crippen LogP contribution >= 0.6 is 7.92 Å². The molecule has 0 unspecified atom stereocenters. The largest absolute Gasteiger partial charge is 0.300 e. The van der Waals surface area contributed by atoms with Gasteiger partial charge in [0.05, 0.1) is 0 Å². The van der Waals surface area contributed by atoms with E-state index in [1.54, 1.807) is 0 Å². The van der Waals surface area contributed by atoms with Gasteiger partial charge in [0.15, 0.2) is 0 Å². The predicted molar refractivity (Wildman–Crippen MR) is 41.4 cm³/mol. The predicted octanol–water partition coefficient (Wildman–Crippen LogP) is 1.85. The lowest BCUT2D eigenvalue weighted by Crippen LogP contribution is -2.10. The van der Waals surface area contributed by atoms with Crippen molar-refractivity contribution in [2.45, 2.75) is 19.8 Å². The molecular formula is C7H13OP. The van der Waals surface area contributed by atoms with Gasteiger partial charge >= 0.3 is 0 Å². The van der Waals surface area contributed by atoms with Crippen LogP contribution in [0.4, 0.5) is 0 Å². The molecule has 0 amide bonds. The Balaban J connectivity index is 2.26. The van der Waals surface area contributed by atoms with Crippen molar-refractivity contribution in [3.8, 4) is 0 Å². The zero-order chi connectivity index (χ0) is 6.69. The number of Topliss-reactive ketones (excluding diaryl/α,β-unsaturated/α-hetero) is 1. The van der Waals surface area contributed by atoms with Gasteiger partial charge < -0.3 is 0 Å². The first-order valence-corrected chi connectivity index (χ1v) is 5.46. The Morgan fingerprint density at radius 1 is 1.44 bits per heavy atom. The second-order valence-corrected chi connectivity index (χ2v) is 5.34. The molecule has 9 heavy (non-hydrogen) atoms. The molecular weight excluding hydrogens is 131 g/mol. The van der Waals surface area contributed by atoms with Crippen molar-refractivity contribution in [1.29, 1.82) is 0 Å². The standard InChI is InChI=1S/C7H13OP/c1-2-9-5-3-7(8)4-6-9/h2-6H2,1H3. The van der Waals surface area contributed by atoms with E-state index in [1.807, 2.05) is 0 Å². The lowest BCUT2D eigenvalue weighted by molar-refractivity contribution is -0.118. The molecule has 0 aromatic carbocycles. The van der Waals surface area contributed by atoms with Crippen LogP contribution < -0.4 is 0 Å². The summed E-state index contributed by atoms with van der Waals surface area (Å²) >= 11 is 0. The molecule has 0 saturated carbocycles. The third-order valence-electron chi connectivity index (χ3n) is 1.86. The summed E-state index contributed by atoms with van der Waals surface area (Å²) in [5.74, 6) is 0.488. The fourth-order valence-corrected chi connectivity index (χ4v) is 3.11. The lowest BCUT2D eigenvalue weighted by Gasteiger charge is -2.19. The summed E-state index contributed by atoms with van der Waals surface area (Å²) < 4.78 is 0. The smallest absolute Gasteiger partial charge is 0.133 e. The molecule has 0 aromatic rings. The maximum Gasteiger partial charge on any atom is 0.133 e. The molecule has 0 bridgehead atoms. The zero-order valence-electron chi connectivity index (χ0n) is 5.89. The number of carbonyl (C=O) groups is 1. The average Bonchev–Trinajstić information content (AvgIpc) is 1.90. The summed E-state index contributed by atoms with van der Waals surface area (Å²) in [6, 6.07) is 0. The summed E-state index contributed by atoms with van der Waals surface area (Å²) in [6.45, 7) is 2.24. The first-order valence-electron chi connectivity index (χ1n) is 3.57. The summed E-state index contributed by atoms with van der Waals surface area (Å²) in [4.78, 5) is 10.7. The van der Waals surface area contributed by atoms with E-state index in [0.717, 1.165) is 12.8 Å². The highest BCUT2D eigenvalue weighted by Gasteiger charge is 2.15. The molecule has 0 spiro atoms.